The molecule has 0 aliphatic heterocycles. The number of nitrogens with zero attached hydrogens (tertiary/aromatic N) is 1. The van der Waals surface area contributed by atoms with Gasteiger partial charge in [-0.25, -0.2) is 5.43 Å². The highest BCUT2D eigenvalue weighted by Crippen LogP contribution is 2.22. The van der Waals surface area contributed by atoms with Gasteiger partial charge in [0.1, 0.15) is 11.5 Å². The molecule has 29 heavy (non-hydrogen) atoms. The lowest BCUT2D eigenvalue weighted by Crippen LogP contribution is -2.29. The third-order valence-electron chi connectivity index (χ3n) is 3.72. The van der Waals surface area contributed by atoms with Crippen LogP contribution in [0.25, 0.3) is 0 Å². The molecule has 0 aromatic heterocycles. The number of carbonyl (C=O) groups excluding carboxylic acids is 2. The van der Waals surface area contributed by atoms with Gasteiger partial charge in [-0.3, -0.25) is 9.59 Å². The van der Waals surface area contributed by atoms with Crippen LogP contribution in [0.15, 0.2) is 47.6 Å². The van der Waals surface area contributed by atoms with E-state index in [0.717, 1.165) is 0 Å². The number of benzene rings is 2. The predicted octanol–water partition coefficient (Wildman–Crippen LogP) is 3.41. The highest BCUT2D eigenvalue weighted by Gasteiger charge is 2.08. The van der Waals surface area contributed by atoms with Gasteiger partial charge in [-0.2, -0.15) is 5.10 Å². The average Bonchev–Trinajstić information content (AvgIpc) is 2.69. The number of amides is 2. The number of hydrogen-bond acceptors (Lipinski definition) is 5. The summed E-state index contributed by atoms with van der Waals surface area (Å²) in [5.74, 6) is 0.692. The third kappa shape index (κ3) is 7.46. The van der Waals surface area contributed by atoms with Crippen molar-refractivity contribution in [3.63, 3.8) is 0 Å². The van der Waals surface area contributed by atoms with Crippen LogP contribution in [0.4, 0.5) is 0 Å². The largest absolute Gasteiger partial charge is 0.497 e. The number of halogens is 1. The van der Waals surface area contributed by atoms with Crippen molar-refractivity contribution < 1.29 is 19.1 Å². The van der Waals surface area contributed by atoms with Crippen LogP contribution >= 0.6 is 11.6 Å². The topological polar surface area (TPSA) is 89.0 Å². The second kappa shape index (κ2) is 11.1. The van der Waals surface area contributed by atoms with E-state index in [1.807, 2.05) is 13.8 Å². The summed E-state index contributed by atoms with van der Waals surface area (Å²) in [5.41, 5.74) is 3.56. The number of hydrazone groups is 1. The normalized spacial score (nSPS) is 10.8. The quantitative estimate of drug-likeness (QED) is 0.483. The van der Waals surface area contributed by atoms with Crippen molar-refractivity contribution in [2.24, 2.45) is 5.10 Å². The fourth-order valence-corrected chi connectivity index (χ4v) is 2.53. The first-order valence-electron chi connectivity index (χ1n) is 9.09. The highest BCUT2D eigenvalue weighted by atomic mass is 35.5. The number of rotatable bonds is 9. The number of nitrogens with one attached hydrogen (secondary N) is 2. The molecule has 0 atom stereocenters. The number of hydrogen-bond donors (Lipinski definition) is 2. The molecule has 0 aliphatic rings. The van der Waals surface area contributed by atoms with E-state index < -0.39 is 0 Å². The van der Waals surface area contributed by atoms with Crippen molar-refractivity contribution in [2.75, 3.05) is 13.7 Å². The molecule has 0 fully saturated rings. The van der Waals surface area contributed by atoms with Gasteiger partial charge in [0, 0.05) is 29.1 Å². The molecule has 0 spiro atoms. The molecular formula is C21H24ClN3O4. The van der Waals surface area contributed by atoms with Crippen molar-refractivity contribution in [3.8, 4) is 11.5 Å². The highest BCUT2D eigenvalue weighted by molar-refractivity contribution is 6.30. The maximum atomic E-state index is 12.0. The maximum absolute atomic E-state index is 12.0. The summed E-state index contributed by atoms with van der Waals surface area (Å²) in [6, 6.07) is 11.9. The Bertz CT molecular complexity index is 867. The second-order valence-corrected chi connectivity index (χ2v) is 6.81. The minimum atomic E-state index is -0.329. The Morgan fingerprint density at radius 2 is 1.90 bits per heavy atom. The van der Waals surface area contributed by atoms with E-state index in [2.05, 4.69) is 15.8 Å². The summed E-state index contributed by atoms with van der Waals surface area (Å²) < 4.78 is 10.7. The van der Waals surface area contributed by atoms with Gasteiger partial charge in [-0.1, -0.05) is 11.6 Å². The monoisotopic (exact) mass is 417 g/mol. The Morgan fingerprint density at radius 1 is 1.17 bits per heavy atom. The fraction of sp³-hybridized carbons (Fsp3) is 0.286. The van der Waals surface area contributed by atoms with Crippen molar-refractivity contribution >= 4 is 29.6 Å². The molecule has 7 nitrogen and oxygen atoms in total. The van der Waals surface area contributed by atoms with Crippen LogP contribution in [-0.2, 0) is 4.79 Å². The van der Waals surface area contributed by atoms with Crippen LogP contribution in [0.5, 0.6) is 11.5 Å². The minimum absolute atomic E-state index is 0.00719. The molecule has 0 heterocycles. The van der Waals surface area contributed by atoms with Crippen LogP contribution in [0.2, 0.25) is 5.02 Å². The average molecular weight is 418 g/mol. The van der Waals surface area contributed by atoms with E-state index in [4.69, 9.17) is 21.1 Å². The van der Waals surface area contributed by atoms with E-state index >= 15 is 0 Å². The SMILES string of the molecule is COc1ccc(C(=O)NCCC(=O)NN=Cc2cc(Cl)ccc2OC(C)C)cc1. The lowest BCUT2D eigenvalue weighted by molar-refractivity contribution is -0.120. The molecule has 0 unspecified atom stereocenters. The summed E-state index contributed by atoms with van der Waals surface area (Å²) in [5, 5.41) is 7.16. The molecule has 0 radical (unpaired) electrons. The maximum Gasteiger partial charge on any atom is 0.251 e. The van der Waals surface area contributed by atoms with Gasteiger partial charge in [0.25, 0.3) is 5.91 Å². The first-order valence-corrected chi connectivity index (χ1v) is 9.47. The Labute approximate surface area is 175 Å². The fourth-order valence-electron chi connectivity index (χ4n) is 2.35. The summed E-state index contributed by atoms with van der Waals surface area (Å²) in [7, 11) is 1.56. The molecule has 154 valence electrons. The molecular weight excluding hydrogens is 394 g/mol. The van der Waals surface area contributed by atoms with Crippen LogP contribution in [0, 0.1) is 0 Å². The van der Waals surface area contributed by atoms with Crippen LogP contribution < -0.4 is 20.2 Å². The molecule has 2 aromatic rings. The van der Waals surface area contributed by atoms with Gasteiger partial charge >= 0.3 is 0 Å². The van der Waals surface area contributed by atoms with Gasteiger partial charge < -0.3 is 14.8 Å². The second-order valence-electron chi connectivity index (χ2n) is 6.38. The summed E-state index contributed by atoms with van der Waals surface area (Å²) >= 11 is 6.01. The first-order chi connectivity index (χ1) is 13.9. The molecule has 0 aliphatic carbocycles. The van der Waals surface area contributed by atoms with Crippen LogP contribution in [0.1, 0.15) is 36.2 Å². The zero-order valence-corrected chi connectivity index (χ0v) is 17.3. The molecule has 0 saturated carbocycles. The lowest BCUT2D eigenvalue weighted by atomic mass is 10.2. The van der Waals surface area contributed by atoms with Gasteiger partial charge in [-0.15, -0.1) is 0 Å². The molecule has 0 bridgehead atoms. The van der Waals surface area contributed by atoms with Crippen molar-refractivity contribution in [1.29, 1.82) is 0 Å². The van der Waals surface area contributed by atoms with E-state index in [-0.39, 0.29) is 30.9 Å². The van der Waals surface area contributed by atoms with Crippen molar-refractivity contribution in [1.82, 2.24) is 10.7 Å². The summed E-state index contributed by atoms with van der Waals surface area (Å²) in [4.78, 5) is 24.0. The minimum Gasteiger partial charge on any atom is -0.497 e. The zero-order valence-electron chi connectivity index (χ0n) is 16.6. The van der Waals surface area contributed by atoms with E-state index in [0.29, 0.717) is 27.6 Å². The van der Waals surface area contributed by atoms with Crippen molar-refractivity contribution in [3.05, 3.63) is 58.6 Å². The third-order valence-corrected chi connectivity index (χ3v) is 3.95. The summed E-state index contributed by atoms with van der Waals surface area (Å²) in [6.07, 6.45) is 1.55. The number of ether oxygens (including phenoxy) is 2. The number of methoxy groups -OCH3 is 1. The van der Waals surface area contributed by atoms with Gasteiger partial charge in [0.2, 0.25) is 5.91 Å². The predicted molar refractivity (Wildman–Crippen MR) is 113 cm³/mol. The van der Waals surface area contributed by atoms with E-state index in [9.17, 15) is 9.59 Å². The zero-order chi connectivity index (χ0) is 21.2. The Hall–Kier alpha value is -3.06. The standard InChI is InChI=1S/C21H24ClN3O4/c1-14(2)29-19-9-6-17(22)12-16(19)13-24-25-20(26)10-11-23-21(27)15-4-7-18(28-3)8-5-15/h4-9,12-14H,10-11H2,1-3H3,(H,23,27)(H,25,26). The van der Waals surface area contributed by atoms with E-state index in [1.165, 1.54) is 6.21 Å². The van der Waals surface area contributed by atoms with E-state index in [1.54, 1.807) is 49.6 Å². The van der Waals surface area contributed by atoms with Crippen LogP contribution in [0.3, 0.4) is 0 Å². The molecule has 8 heteroatoms. The molecule has 2 rings (SSSR count). The Balaban J connectivity index is 1.81. The number of carbonyl (C=O) groups is 2. The molecule has 2 amide bonds. The lowest BCUT2D eigenvalue weighted by Gasteiger charge is -2.12. The Kier molecular flexibility index (Phi) is 8.48. The van der Waals surface area contributed by atoms with Gasteiger partial charge in [0.05, 0.1) is 19.4 Å². The summed E-state index contributed by atoms with van der Waals surface area (Å²) in [6.45, 7) is 4.01. The molecule has 2 N–H and O–H groups in total. The van der Waals surface area contributed by atoms with Gasteiger partial charge in [-0.05, 0) is 56.3 Å². The first kappa shape index (κ1) is 22.2. The Morgan fingerprint density at radius 3 is 2.55 bits per heavy atom. The van der Waals surface area contributed by atoms with Gasteiger partial charge in [0.15, 0.2) is 0 Å². The van der Waals surface area contributed by atoms with Crippen molar-refractivity contribution in [2.45, 2.75) is 26.4 Å². The molecule has 2 aromatic carbocycles. The smallest absolute Gasteiger partial charge is 0.251 e. The van der Waals surface area contributed by atoms with Crippen LogP contribution in [-0.4, -0.2) is 37.8 Å². The molecule has 0 saturated heterocycles.